The minimum atomic E-state index is -0.410. The molecule has 0 radical (unpaired) electrons. The van der Waals surface area contributed by atoms with Gasteiger partial charge in [-0.2, -0.15) is 5.10 Å². The van der Waals surface area contributed by atoms with Gasteiger partial charge in [-0.25, -0.2) is 14.1 Å². The van der Waals surface area contributed by atoms with Crippen molar-refractivity contribution in [2.75, 3.05) is 10.6 Å². The summed E-state index contributed by atoms with van der Waals surface area (Å²) < 4.78 is 16.0. The number of benzene rings is 2. The molecule has 0 fully saturated rings. The van der Waals surface area contributed by atoms with Crippen LogP contribution in [0.5, 0.6) is 0 Å². The monoisotopic (exact) mass is 337 g/mol. The highest BCUT2D eigenvalue weighted by molar-refractivity contribution is 5.94. The summed E-state index contributed by atoms with van der Waals surface area (Å²) in [7, 11) is 0. The number of nitrogens with one attached hydrogen (secondary N) is 2. The van der Waals surface area contributed by atoms with Crippen LogP contribution in [0.15, 0.2) is 48.8 Å². The number of aryl methyl sites for hydroxylation is 1. The van der Waals surface area contributed by atoms with Crippen LogP contribution in [-0.4, -0.2) is 20.7 Å². The highest BCUT2D eigenvalue weighted by Gasteiger charge is 2.18. The number of nitrogens with zero attached hydrogens (tertiary/aromatic N) is 3. The summed E-state index contributed by atoms with van der Waals surface area (Å²) in [5.74, 6) is 0.187. The van der Waals surface area contributed by atoms with E-state index in [9.17, 15) is 9.18 Å². The Hall–Kier alpha value is -3.22. The quantitative estimate of drug-likeness (QED) is 0.768. The first kappa shape index (κ1) is 15.3. The zero-order valence-electron chi connectivity index (χ0n) is 13.4. The molecule has 0 spiro atoms. The summed E-state index contributed by atoms with van der Waals surface area (Å²) in [6, 6.07) is 12.7. The maximum absolute atomic E-state index is 14.3. The van der Waals surface area contributed by atoms with Crippen LogP contribution in [0.4, 0.5) is 15.8 Å². The van der Waals surface area contributed by atoms with E-state index in [2.05, 4.69) is 20.7 Å². The molecule has 2 aromatic carbocycles. The average molecular weight is 337 g/mol. The molecule has 0 saturated heterocycles. The Labute approximate surface area is 143 Å². The number of amides is 1. The van der Waals surface area contributed by atoms with Crippen molar-refractivity contribution in [3.63, 3.8) is 0 Å². The number of carbonyl (C=O) groups is 1. The van der Waals surface area contributed by atoms with Gasteiger partial charge in [0.05, 0.1) is 17.9 Å². The lowest BCUT2D eigenvalue weighted by Crippen LogP contribution is -2.19. The third-order valence-corrected chi connectivity index (χ3v) is 4.14. The van der Waals surface area contributed by atoms with Crippen molar-refractivity contribution in [1.29, 1.82) is 0 Å². The largest absolute Gasteiger partial charge is 0.375 e. The standard InChI is InChI=1S/C18H16FN5O/c19-14-9-15-12(6-7-18(25)23-15)8-16(14)20-10-17-21-11-22-24(17)13-4-2-1-3-5-13/h1-5,8-9,11,20H,6-7,10H2,(H,23,25). The normalized spacial score (nSPS) is 13.2. The molecule has 2 heterocycles. The predicted octanol–water partition coefficient (Wildman–Crippen LogP) is 2.90. The molecule has 2 N–H and O–H groups in total. The van der Waals surface area contributed by atoms with E-state index >= 15 is 0 Å². The minimum absolute atomic E-state index is 0.0800. The Morgan fingerprint density at radius 1 is 1.20 bits per heavy atom. The second-order valence-electron chi connectivity index (χ2n) is 5.81. The molecule has 6 nitrogen and oxygen atoms in total. The fourth-order valence-electron chi connectivity index (χ4n) is 2.88. The van der Waals surface area contributed by atoms with Gasteiger partial charge in [0.2, 0.25) is 5.91 Å². The first-order valence-corrected chi connectivity index (χ1v) is 8.01. The summed E-state index contributed by atoms with van der Waals surface area (Å²) in [4.78, 5) is 15.7. The summed E-state index contributed by atoms with van der Waals surface area (Å²) in [6.07, 6.45) is 2.50. The van der Waals surface area contributed by atoms with Crippen molar-refractivity contribution < 1.29 is 9.18 Å². The van der Waals surface area contributed by atoms with E-state index in [0.717, 1.165) is 11.3 Å². The number of carbonyl (C=O) groups excluding carboxylic acids is 1. The summed E-state index contributed by atoms with van der Waals surface area (Å²) in [6.45, 7) is 0.330. The number of anilines is 2. The Bertz CT molecular complexity index is 922. The average Bonchev–Trinajstić information content (AvgIpc) is 3.09. The number of rotatable bonds is 4. The van der Waals surface area contributed by atoms with Crippen LogP contribution in [-0.2, 0) is 17.8 Å². The Morgan fingerprint density at radius 2 is 2.04 bits per heavy atom. The van der Waals surface area contributed by atoms with Gasteiger partial charge in [0.25, 0.3) is 0 Å². The Kier molecular flexibility index (Phi) is 3.89. The number of halogens is 1. The molecule has 1 aromatic heterocycles. The second kappa shape index (κ2) is 6.35. The van der Waals surface area contributed by atoms with E-state index in [0.29, 0.717) is 36.6 Å². The number of aromatic nitrogens is 3. The summed E-state index contributed by atoms with van der Waals surface area (Å²) in [5, 5.41) is 9.99. The molecule has 1 amide bonds. The smallest absolute Gasteiger partial charge is 0.224 e. The van der Waals surface area contributed by atoms with Gasteiger partial charge < -0.3 is 10.6 Å². The van der Waals surface area contributed by atoms with Crippen LogP contribution in [0.2, 0.25) is 0 Å². The van der Waals surface area contributed by atoms with Crippen LogP contribution in [0, 0.1) is 5.82 Å². The van der Waals surface area contributed by atoms with E-state index in [-0.39, 0.29) is 5.91 Å². The molecule has 0 bridgehead atoms. The topological polar surface area (TPSA) is 71.8 Å². The lowest BCUT2D eigenvalue weighted by atomic mass is 10.0. The molecule has 1 aliphatic heterocycles. The molecular formula is C18H16FN5O. The molecule has 7 heteroatoms. The summed E-state index contributed by atoms with van der Waals surface area (Å²) in [5.41, 5.74) is 2.75. The first-order valence-electron chi connectivity index (χ1n) is 8.01. The second-order valence-corrected chi connectivity index (χ2v) is 5.81. The van der Waals surface area contributed by atoms with E-state index in [1.54, 1.807) is 10.7 Å². The van der Waals surface area contributed by atoms with Crippen molar-refractivity contribution in [3.05, 3.63) is 66.0 Å². The van der Waals surface area contributed by atoms with Crippen LogP contribution in [0.3, 0.4) is 0 Å². The van der Waals surface area contributed by atoms with Crippen LogP contribution < -0.4 is 10.6 Å². The first-order chi connectivity index (χ1) is 12.2. The van der Waals surface area contributed by atoms with Crippen molar-refractivity contribution in [3.8, 4) is 5.69 Å². The molecule has 0 unspecified atom stereocenters. The lowest BCUT2D eigenvalue weighted by Gasteiger charge is -2.18. The van der Waals surface area contributed by atoms with Gasteiger partial charge in [0, 0.05) is 12.1 Å². The lowest BCUT2D eigenvalue weighted by molar-refractivity contribution is -0.116. The van der Waals surface area contributed by atoms with Gasteiger partial charge in [0.1, 0.15) is 12.1 Å². The van der Waals surface area contributed by atoms with Crippen molar-refractivity contribution >= 4 is 17.3 Å². The zero-order valence-corrected chi connectivity index (χ0v) is 13.4. The van der Waals surface area contributed by atoms with Crippen molar-refractivity contribution in [1.82, 2.24) is 14.8 Å². The van der Waals surface area contributed by atoms with E-state index in [1.165, 1.54) is 12.4 Å². The van der Waals surface area contributed by atoms with E-state index in [1.807, 2.05) is 30.3 Å². The van der Waals surface area contributed by atoms with Crippen LogP contribution in [0.1, 0.15) is 17.8 Å². The number of para-hydroxylation sites is 1. The fourth-order valence-corrected chi connectivity index (χ4v) is 2.88. The molecule has 1 aliphatic rings. The summed E-state index contributed by atoms with van der Waals surface area (Å²) >= 11 is 0. The maximum atomic E-state index is 14.3. The molecule has 0 aliphatic carbocycles. The highest BCUT2D eigenvalue weighted by Crippen LogP contribution is 2.28. The van der Waals surface area contributed by atoms with Crippen molar-refractivity contribution in [2.24, 2.45) is 0 Å². The predicted molar refractivity (Wildman–Crippen MR) is 92.0 cm³/mol. The van der Waals surface area contributed by atoms with E-state index < -0.39 is 5.82 Å². The molecule has 25 heavy (non-hydrogen) atoms. The fraction of sp³-hybridized carbons (Fsp3) is 0.167. The maximum Gasteiger partial charge on any atom is 0.224 e. The highest BCUT2D eigenvalue weighted by atomic mass is 19.1. The van der Waals surface area contributed by atoms with Gasteiger partial charge >= 0.3 is 0 Å². The van der Waals surface area contributed by atoms with Crippen LogP contribution in [0.25, 0.3) is 5.69 Å². The van der Waals surface area contributed by atoms with Gasteiger partial charge in [-0.15, -0.1) is 0 Å². The third-order valence-electron chi connectivity index (χ3n) is 4.14. The van der Waals surface area contributed by atoms with Gasteiger partial charge in [-0.05, 0) is 36.2 Å². The van der Waals surface area contributed by atoms with Gasteiger partial charge in [-0.3, -0.25) is 4.79 Å². The number of hydrogen-bond acceptors (Lipinski definition) is 4. The third kappa shape index (κ3) is 3.08. The Morgan fingerprint density at radius 3 is 2.88 bits per heavy atom. The van der Waals surface area contributed by atoms with Crippen LogP contribution >= 0.6 is 0 Å². The minimum Gasteiger partial charge on any atom is -0.375 e. The Balaban J connectivity index is 1.55. The number of hydrogen-bond donors (Lipinski definition) is 2. The molecule has 4 rings (SSSR count). The van der Waals surface area contributed by atoms with Gasteiger partial charge in [-0.1, -0.05) is 18.2 Å². The molecule has 0 atom stereocenters. The molecule has 126 valence electrons. The molecular weight excluding hydrogens is 321 g/mol. The SMILES string of the molecule is O=C1CCc2cc(NCc3ncnn3-c3ccccc3)c(F)cc2N1. The number of fused-ring (bicyclic) bond motifs is 1. The van der Waals surface area contributed by atoms with E-state index in [4.69, 9.17) is 0 Å². The molecule has 3 aromatic rings. The molecule has 0 saturated carbocycles. The zero-order chi connectivity index (χ0) is 17.2. The van der Waals surface area contributed by atoms with Gasteiger partial charge in [0.15, 0.2) is 5.82 Å². The van der Waals surface area contributed by atoms with Crippen molar-refractivity contribution in [2.45, 2.75) is 19.4 Å².